The Labute approximate surface area is 194 Å². The second-order valence-corrected chi connectivity index (χ2v) is 8.38. The van der Waals surface area contributed by atoms with E-state index in [9.17, 15) is 9.18 Å². The van der Waals surface area contributed by atoms with E-state index in [4.69, 9.17) is 4.42 Å². The van der Waals surface area contributed by atoms with Gasteiger partial charge in [0.1, 0.15) is 5.82 Å². The van der Waals surface area contributed by atoms with Gasteiger partial charge in [-0.05, 0) is 41.9 Å². The number of oxazole rings is 1. The molecule has 6 nitrogen and oxygen atoms in total. The molecule has 0 atom stereocenters. The molecular formula is C26H31FN4O2. The van der Waals surface area contributed by atoms with Gasteiger partial charge in [-0.15, -0.1) is 0 Å². The normalized spacial score (nSPS) is 15.0. The number of benzene rings is 2. The second kappa shape index (κ2) is 11.2. The molecule has 1 amide bonds. The van der Waals surface area contributed by atoms with Gasteiger partial charge in [0.2, 0.25) is 5.91 Å². The first kappa shape index (κ1) is 23.1. The van der Waals surface area contributed by atoms with Crippen molar-refractivity contribution in [3.63, 3.8) is 0 Å². The number of nitrogens with zero attached hydrogens (tertiary/aromatic N) is 3. The fraction of sp³-hybridized carbons (Fsp3) is 0.385. The summed E-state index contributed by atoms with van der Waals surface area (Å²) >= 11 is 0. The lowest BCUT2D eigenvalue weighted by Crippen LogP contribution is -2.45. The Morgan fingerprint density at radius 2 is 1.73 bits per heavy atom. The number of rotatable bonds is 9. The Hall–Kier alpha value is -3.03. The number of hydrogen-bond acceptors (Lipinski definition) is 5. The van der Waals surface area contributed by atoms with Crippen molar-refractivity contribution in [2.75, 3.05) is 32.7 Å². The molecule has 33 heavy (non-hydrogen) atoms. The van der Waals surface area contributed by atoms with Crippen molar-refractivity contribution in [2.45, 2.75) is 32.9 Å². The van der Waals surface area contributed by atoms with E-state index in [-0.39, 0.29) is 11.7 Å². The number of aryl methyl sites for hydroxylation is 1. The Balaban J connectivity index is 1.25. The van der Waals surface area contributed by atoms with Crippen molar-refractivity contribution in [2.24, 2.45) is 0 Å². The van der Waals surface area contributed by atoms with Crippen LogP contribution in [0.1, 0.15) is 30.4 Å². The molecule has 2 aromatic carbocycles. The van der Waals surface area contributed by atoms with E-state index in [2.05, 4.69) is 45.2 Å². The minimum Gasteiger partial charge on any atom is -0.441 e. The maximum absolute atomic E-state index is 13.1. The zero-order valence-electron chi connectivity index (χ0n) is 19.1. The first-order valence-corrected chi connectivity index (χ1v) is 11.6. The Bertz CT molecular complexity index is 1040. The summed E-state index contributed by atoms with van der Waals surface area (Å²) in [5.74, 6) is 0.730. The summed E-state index contributed by atoms with van der Waals surface area (Å²) in [6.45, 7) is 9.10. The molecule has 7 heteroatoms. The van der Waals surface area contributed by atoms with Crippen LogP contribution in [0.15, 0.2) is 59.1 Å². The van der Waals surface area contributed by atoms with Gasteiger partial charge in [-0.25, -0.2) is 9.37 Å². The highest BCUT2D eigenvalue weighted by Crippen LogP contribution is 2.21. The number of carbonyl (C=O) groups excluding carboxylic acids is 1. The number of likely N-dealkylation sites (N-methyl/N-ethyl adjacent to an activating group) is 1. The Kier molecular flexibility index (Phi) is 7.86. The number of nitrogens with one attached hydrogen (secondary N) is 1. The van der Waals surface area contributed by atoms with Crippen LogP contribution in [-0.4, -0.2) is 53.4 Å². The van der Waals surface area contributed by atoms with Gasteiger partial charge in [0.25, 0.3) is 0 Å². The summed E-state index contributed by atoms with van der Waals surface area (Å²) in [4.78, 5) is 21.6. The number of amides is 1. The van der Waals surface area contributed by atoms with Gasteiger partial charge in [0, 0.05) is 57.7 Å². The van der Waals surface area contributed by atoms with Crippen molar-refractivity contribution >= 4 is 5.91 Å². The number of piperazine rings is 1. The molecule has 1 fully saturated rings. The zero-order chi connectivity index (χ0) is 23.0. The molecule has 0 bridgehead atoms. The summed E-state index contributed by atoms with van der Waals surface area (Å²) in [7, 11) is 0. The zero-order valence-corrected chi connectivity index (χ0v) is 19.1. The topological polar surface area (TPSA) is 61.6 Å². The number of halogens is 1. The molecule has 174 valence electrons. The van der Waals surface area contributed by atoms with Crippen molar-refractivity contribution < 1.29 is 13.6 Å². The first-order chi connectivity index (χ1) is 16.1. The summed E-state index contributed by atoms with van der Waals surface area (Å²) < 4.78 is 18.8. The molecule has 3 aromatic rings. The highest BCUT2D eigenvalue weighted by molar-refractivity contribution is 5.76. The van der Waals surface area contributed by atoms with Crippen LogP contribution in [-0.2, 0) is 24.3 Å². The van der Waals surface area contributed by atoms with Crippen LogP contribution in [0.2, 0.25) is 0 Å². The summed E-state index contributed by atoms with van der Waals surface area (Å²) in [6, 6.07) is 14.4. The number of hydrogen-bond donors (Lipinski definition) is 1. The smallest absolute Gasteiger partial charge is 0.220 e. The SMILES string of the molecule is CCN1CCN(Cc2ccccc2CNC(=O)CCc2ncc(-c3ccc(F)cc3)o2)CC1. The number of carbonyl (C=O) groups is 1. The lowest BCUT2D eigenvalue weighted by molar-refractivity contribution is -0.121. The third-order valence-corrected chi connectivity index (χ3v) is 6.15. The Morgan fingerprint density at radius 3 is 2.45 bits per heavy atom. The minimum atomic E-state index is -0.296. The standard InChI is InChI=1S/C26H31FN4O2/c1-2-30-13-15-31(16-14-30)19-22-6-4-3-5-21(22)17-28-25(32)11-12-26-29-18-24(33-26)20-7-9-23(27)10-8-20/h3-10,18H,2,11-17,19H2,1H3,(H,28,32). The first-order valence-electron chi connectivity index (χ1n) is 11.6. The molecule has 0 radical (unpaired) electrons. The van der Waals surface area contributed by atoms with Crippen molar-refractivity contribution in [1.82, 2.24) is 20.1 Å². The molecule has 1 aliphatic rings. The third kappa shape index (κ3) is 6.49. The maximum Gasteiger partial charge on any atom is 0.220 e. The average Bonchev–Trinajstić information content (AvgIpc) is 3.32. The van der Waals surface area contributed by atoms with Crippen molar-refractivity contribution in [3.8, 4) is 11.3 Å². The van der Waals surface area contributed by atoms with Gasteiger partial charge < -0.3 is 14.6 Å². The van der Waals surface area contributed by atoms with Gasteiger partial charge in [-0.3, -0.25) is 9.69 Å². The van der Waals surface area contributed by atoms with Crippen LogP contribution in [0.3, 0.4) is 0 Å². The van der Waals surface area contributed by atoms with Gasteiger partial charge in [-0.2, -0.15) is 0 Å². The molecular weight excluding hydrogens is 419 g/mol. The second-order valence-electron chi connectivity index (χ2n) is 8.38. The van der Waals surface area contributed by atoms with Crippen LogP contribution in [0.25, 0.3) is 11.3 Å². The summed E-state index contributed by atoms with van der Waals surface area (Å²) in [5, 5.41) is 3.03. The van der Waals surface area contributed by atoms with Crippen LogP contribution in [0, 0.1) is 5.82 Å². The van der Waals surface area contributed by atoms with Gasteiger partial charge in [0.05, 0.1) is 6.20 Å². The molecule has 2 heterocycles. The molecule has 1 aromatic heterocycles. The van der Waals surface area contributed by atoms with Crippen LogP contribution in [0.4, 0.5) is 4.39 Å². The van der Waals surface area contributed by atoms with E-state index < -0.39 is 0 Å². The van der Waals surface area contributed by atoms with E-state index in [0.717, 1.165) is 50.4 Å². The summed E-state index contributed by atoms with van der Waals surface area (Å²) in [5.41, 5.74) is 3.17. The highest BCUT2D eigenvalue weighted by Gasteiger charge is 2.17. The van der Waals surface area contributed by atoms with E-state index in [1.165, 1.54) is 17.7 Å². The average molecular weight is 451 g/mol. The molecule has 0 unspecified atom stereocenters. The largest absolute Gasteiger partial charge is 0.441 e. The van der Waals surface area contributed by atoms with Crippen LogP contribution < -0.4 is 5.32 Å². The monoisotopic (exact) mass is 450 g/mol. The van der Waals surface area contributed by atoms with E-state index in [0.29, 0.717) is 31.0 Å². The molecule has 0 saturated carbocycles. The molecule has 0 aliphatic carbocycles. The van der Waals surface area contributed by atoms with Crippen LogP contribution in [0.5, 0.6) is 0 Å². The van der Waals surface area contributed by atoms with E-state index in [1.54, 1.807) is 18.3 Å². The minimum absolute atomic E-state index is 0.0390. The van der Waals surface area contributed by atoms with Gasteiger partial charge in [0.15, 0.2) is 11.7 Å². The fourth-order valence-electron chi connectivity index (χ4n) is 4.06. The summed E-state index contributed by atoms with van der Waals surface area (Å²) in [6.07, 6.45) is 2.32. The predicted octanol–water partition coefficient (Wildman–Crippen LogP) is 3.87. The molecule has 4 rings (SSSR count). The quantitative estimate of drug-likeness (QED) is 0.536. The molecule has 0 spiro atoms. The lowest BCUT2D eigenvalue weighted by atomic mass is 10.1. The van der Waals surface area contributed by atoms with Crippen molar-refractivity contribution in [3.05, 3.63) is 77.6 Å². The van der Waals surface area contributed by atoms with Gasteiger partial charge >= 0.3 is 0 Å². The van der Waals surface area contributed by atoms with Gasteiger partial charge in [-0.1, -0.05) is 31.2 Å². The maximum atomic E-state index is 13.1. The Morgan fingerprint density at radius 1 is 1.03 bits per heavy atom. The lowest BCUT2D eigenvalue weighted by Gasteiger charge is -2.34. The van der Waals surface area contributed by atoms with E-state index in [1.807, 2.05) is 6.07 Å². The molecule has 1 N–H and O–H groups in total. The molecule has 1 aliphatic heterocycles. The highest BCUT2D eigenvalue weighted by atomic mass is 19.1. The van der Waals surface area contributed by atoms with Crippen molar-refractivity contribution in [1.29, 1.82) is 0 Å². The van der Waals surface area contributed by atoms with E-state index >= 15 is 0 Å². The fourth-order valence-corrected chi connectivity index (χ4v) is 4.06. The predicted molar refractivity (Wildman–Crippen MR) is 126 cm³/mol. The third-order valence-electron chi connectivity index (χ3n) is 6.15. The van der Waals surface area contributed by atoms with Crippen LogP contribution >= 0.6 is 0 Å². The molecule has 1 saturated heterocycles. The number of aromatic nitrogens is 1.